The van der Waals surface area contributed by atoms with Crippen LogP contribution in [0.15, 0.2) is 156 Å². The van der Waals surface area contributed by atoms with E-state index in [4.69, 9.17) is 15.0 Å². The smallest absolute Gasteiger partial charge is 0.355 e. The molecule has 10 heteroatoms. The second kappa shape index (κ2) is 10.9. The van der Waals surface area contributed by atoms with Gasteiger partial charge in [-0.05, 0) is 35.0 Å². The third kappa shape index (κ3) is 3.97. The normalized spacial score (nSPS) is 21.0. The van der Waals surface area contributed by atoms with Crippen molar-refractivity contribution in [2.24, 2.45) is 4.99 Å². The van der Waals surface area contributed by atoms with Crippen LogP contribution in [-0.2, 0) is 16.1 Å². The number of pyridine rings is 2. The molecule has 3 N–H and O–H groups in total. The van der Waals surface area contributed by atoms with E-state index in [0.29, 0.717) is 27.5 Å². The van der Waals surface area contributed by atoms with E-state index in [1.807, 2.05) is 109 Å². The molecule has 0 radical (unpaired) electrons. The highest BCUT2D eigenvalue weighted by Gasteiger charge is 2.53. The number of hydrogen-bond donors (Lipinski definition) is 3. The average molecular weight is 773 g/mol. The highest BCUT2D eigenvalue weighted by molar-refractivity contribution is 6.53. The fourth-order valence-corrected chi connectivity index (χ4v) is 10.3. The van der Waals surface area contributed by atoms with Crippen LogP contribution in [0.1, 0.15) is 27.8 Å². The van der Waals surface area contributed by atoms with Crippen molar-refractivity contribution >= 4 is 55.5 Å². The van der Waals surface area contributed by atoms with Crippen LogP contribution in [-0.4, -0.2) is 21.9 Å². The van der Waals surface area contributed by atoms with E-state index >= 15 is 13.2 Å². The molecular formula is C49H27F3N6O. The van der Waals surface area contributed by atoms with E-state index < -0.39 is 34.4 Å². The minimum absolute atomic E-state index is 0.132. The van der Waals surface area contributed by atoms with Gasteiger partial charge < -0.3 is 16.0 Å². The third-order valence-electron chi connectivity index (χ3n) is 12.6. The number of carbonyl (C=O) groups excluding carboxylic acids is 1. The lowest BCUT2D eigenvalue weighted by molar-refractivity contribution is -0.114. The SMILES string of the molecule is O=C1C(c2ccc3cccc4c3c2NC2(N4)c3ccccc3-c3ncccc32)=C(C(F)(F)F)C1=c1ccc2cccc3c2c1=NC1(N3)c2ccccc2-c2ncccc21. The van der Waals surface area contributed by atoms with Crippen molar-refractivity contribution in [3.8, 4) is 22.5 Å². The molecule has 2 spiro atoms. The van der Waals surface area contributed by atoms with Crippen LogP contribution in [0.5, 0.6) is 0 Å². The first-order valence-corrected chi connectivity index (χ1v) is 19.3. The molecule has 280 valence electrons. The first-order chi connectivity index (χ1) is 28.8. The number of nitrogens with zero attached hydrogens (tertiary/aromatic N) is 3. The van der Waals surface area contributed by atoms with E-state index in [2.05, 4.69) is 16.0 Å². The summed E-state index contributed by atoms with van der Waals surface area (Å²) in [6.07, 6.45) is -1.43. The molecule has 2 atom stereocenters. The van der Waals surface area contributed by atoms with Crippen molar-refractivity contribution in [2.45, 2.75) is 17.5 Å². The van der Waals surface area contributed by atoms with E-state index in [9.17, 15) is 4.79 Å². The molecule has 2 aromatic heterocycles. The Bertz CT molecular complexity index is 3370. The number of fused-ring (bicyclic) bond motifs is 10. The number of hydrogen-bond acceptors (Lipinski definition) is 7. The second-order valence-electron chi connectivity index (χ2n) is 15.5. The molecule has 7 nitrogen and oxygen atoms in total. The Morgan fingerprint density at radius 2 is 1.15 bits per heavy atom. The van der Waals surface area contributed by atoms with Crippen molar-refractivity contribution in [1.29, 1.82) is 0 Å². The number of allylic oxidation sites excluding steroid dienone is 2. The maximum atomic E-state index is 15.9. The topological polar surface area (TPSA) is 91.3 Å². The van der Waals surface area contributed by atoms with Crippen LogP contribution in [0.4, 0.5) is 30.2 Å². The Morgan fingerprint density at radius 1 is 0.525 bits per heavy atom. The first-order valence-electron chi connectivity index (χ1n) is 19.3. The second-order valence-corrected chi connectivity index (χ2v) is 15.5. The van der Waals surface area contributed by atoms with Crippen molar-refractivity contribution in [3.05, 3.63) is 190 Å². The molecule has 59 heavy (non-hydrogen) atoms. The molecule has 0 saturated carbocycles. The van der Waals surface area contributed by atoms with Gasteiger partial charge in [0.25, 0.3) is 0 Å². The standard InChI is InChI=1S/C49H27F3N6O/c50-49(51,52)41-39(29-21-19-25-9-5-17-35-37(25)44(29)57-47(55-35)31-13-3-1-11-27(31)42-33(47)15-7-23-53-42)46(59)40(41)30-22-20-26-10-6-18-36-38(26)45(30)58-48(56-36)32-14-4-2-12-28(32)43-34(48)16-8-24-54-43/h1-24,55-57H. The predicted octanol–water partition coefficient (Wildman–Crippen LogP) is 9.18. The van der Waals surface area contributed by atoms with Crippen LogP contribution in [0.2, 0.25) is 0 Å². The minimum Gasteiger partial charge on any atom is -0.355 e. The third-order valence-corrected chi connectivity index (χ3v) is 12.6. The fourth-order valence-electron chi connectivity index (χ4n) is 10.3. The monoisotopic (exact) mass is 772 g/mol. The van der Waals surface area contributed by atoms with Crippen LogP contribution in [0, 0.1) is 0 Å². The van der Waals surface area contributed by atoms with Crippen molar-refractivity contribution in [2.75, 3.05) is 16.0 Å². The zero-order chi connectivity index (χ0) is 39.4. The first kappa shape index (κ1) is 32.5. The van der Waals surface area contributed by atoms with Gasteiger partial charge in [-0.15, -0.1) is 0 Å². The zero-order valence-electron chi connectivity index (χ0n) is 30.7. The summed E-state index contributed by atoms with van der Waals surface area (Å²) in [7, 11) is 0. The highest BCUT2D eigenvalue weighted by Crippen LogP contribution is 2.56. The molecule has 6 aromatic carbocycles. The molecule has 0 bridgehead atoms. The largest absolute Gasteiger partial charge is 0.417 e. The van der Waals surface area contributed by atoms with Gasteiger partial charge in [-0.3, -0.25) is 14.8 Å². The van der Waals surface area contributed by atoms with Gasteiger partial charge in [0.2, 0.25) is 0 Å². The maximum absolute atomic E-state index is 15.9. The molecule has 0 fully saturated rings. The summed E-state index contributed by atoms with van der Waals surface area (Å²) in [6.45, 7) is 0. The van der Waals surface area contributed by atoms with E-state index in [1.165, 1.54) is 0 Å². The van der Waals surface area contributed by atoms with Crippen LogP contribution in [0.3, 0.4) is 0 Å². The Hall–Kier alpha value is -7.59. The quantitative estimate of drug-likeness (QED) is 0.154. The Morgan fingerprint density at radius 3 is 1.92 bits per heavy atom. The zero-order valence-corrected chi connectivity index (χ0v) is 30.7. The fraction of sp³-hybridized carbons (Fsp3) is 0.0612. The summed E-state index contributed by atoms with van der Waals surface area (Å²) >= 11 is 0. The number of Topliss-reactive ketones (excluding diaryl/α,β-unsaturated/α-hetero) is 1. The average Bonchev–Trinajstić information content (AvgIpc) is 3.67. The number of aromatic nitrogens is 2. The van der Waals surface area contributed by atoms with Gasteiger partial charge in [-0.25, -0.2) is 4.99 Å². The van der Waals surface area contributed by atoms with Crippen LogP contribution < -0.4 is 26.5 Å². The molecule has 0 saturated heterocycles. The molecule has 8 aromatic rings. The van der Waals surface area contributed by atoms with Crippen LogP contribution in [0.25, 0.3) is 55.2 Å². The molecule has 2 aliphatic heterocycles. The lowest BCUT2D eigenvalue weighted by Gasteiger charge is -2.41. The van der Waals surface area contributed by atoms with Crippen molar-refractivity contribution in [3.63, 3.8) is 0 Å². The number of ketones is 1. The van der Waals surface area contributed by atoms with Crippen LogP contribution >= 0.6 is 0 Å². The van der Waals surface area contributed by atoms with Gasteiger partial charge in [0.1, 0.15) is 0 Å². The molecule has 5 aliphatic rings. The summed E-state index contributed by atoms with van der Waals surface area (Å²) in [4.78, 5) is 29.8. The highest BCUT2D eigenvalue weighted by atomic mass is 19.4. The number of halogens is 3. The van der Waals surface area contributed by atoms with Gasteiger partial charge in [0, 0.05) is 89.8 Å². The molecular weight excluding hydrogens is 746 g/mol. The number of alkyl halides is 3. The van der Waals surface area contributed by atoms with E-state index in [-0.39, 0.29) is 16.4 Å². The van der Waals surface area contributed by atoms with E-state index in [1.54, 1.807) is 36.7 Å². The van der Waals surface area contributed by atoms with Crippen molar-refractivity contribution < 1.29 is 18.0 Å². The Labute approximate surface area is 333 Å². The summed E-state index contributed by atoms with van der Waals surface area (Å²) < 4.78 is 47.7. The van der Waals surface area contributed by atoms with Gasteiger partial charge in [-0.2, -0.15) is 13.2 Å². The number of rotatable bonds is 1. The van der Waals surface area contributed by atoms with Gasteiger partial charge >= 0.3 is 6.18 Å². The number of nitrogens with one attached hydrogen (secondary N) is 3. The number of anilines is 3. The van der Waals surface area contributed by atoms with Gasteiger partial charge in [0.15, 0.2) is 17.1 Å². The predicted molar refractivity (Wildman–Crippen MR) is 222 cm³/mol. The summed E-state index contributed by atoms with van der Waals surface area (Å²) in [5.41, 5.74) is 4.64. The molecule has 4 heterocycles. The molecule has 3 aliphatic carbocycles. The van der Waals surface area contributed by atoms with Gasteiger partial charge in [0.05, 0.1) is 28.0 Å². The lowest BCUT2D eigenvalue weighted by Crippen LogP contribution is -2.46. The number of carbonyl (C=O) groups is 1. The Kier molecular flexibility index (Phi) is 5.99. The maximum Gasteiger partial charge on any atom is 0.417 e. The summed E-state index contributed by atoms with van der Waals surface area (Å²) in [5.74, 6) is -0.696. The van der Waals surface area contributed by atoms with Gasteiger partial charge in [-0.1, -0.05) is 109 Å². The van der Waals surface area contributed by atoms with Crippen molar-refractivity contribution in [1.82, 2.24) is 9.97 Å². The molecule has 2 unspecified atom stereocenters. The molecule has 0 amide bonds. The lowest BCUT2D eigenvalue weighted by atomic mass is 9.74. The minimum atomic E-state index is -4.89. The molecule has 13 rings (SSSR count). The van der Waals surface area contributed by atoms with E-state index in [0.717, 1.165) is 61.2 Å². The number of benzene rings is 6. The summed E-state index contributed by atoms with van der Waals surface area (Å²) in [6, 6.07) is 41.5. The summed E-state index contributed by atoms with van der Waals surface area (Å²) in [5, 5.41) is 14.5. The Balaban J connectivity index is 1.10.